The molecule has 3 unspecified atom stereocenters. The van der Waals surface area contributed by atoms with Crippen LogP contribution in [0.5, 0.6) is 0 Å². The standard InChI is InChI=1S/C9H18O4/c1-7(5-10)11-4-3-9-12-6-8(2)13-9/h7-10H,3-6H2,1-2H3. The maximum atomic E-state index is 8.68. The van der Waals surface area contributed by atoms with E-state index in [-0.39, 0.29) is 25.1 Å². The molecule has 3 atom stereocenters. The third kappa shape index (κ3) is 4.04. The van der Waals surface area contributed by atoms with Crippen LogP contribution in [0.15, 0.2) is 0 Å². The molecule has 1 rings (SSSR count). The van der Waals surface area contributed by atoms with E-state index in [4.69, 9.17) is 19.3 Å². The summed E-state index contributed by atoms with van der Waals surface area (Å²) >= 11 is 0. The molecule has 78 valence electrons. The third-order valence-electron chi connectivity index (χ3n) is 1.91. The van der Waals surface area contributed by atoms with E-state index in [9.17, 15) is 0 Å². The maximum Gasteiger partial charge on any atom is 0.160 e. The minimum absolute atomic E-state index is 0.0583. The van der Waals surface area contributed by atoms with Gasteiger partial charge < -0.3 is 19.3 Å². The lowest BCUT2D eigenvalue weighted by Crippen LogP contribution is -2.18. The van der Waals surface area contributed by atoms with Gasteiger partial charge in [-0.1, -0.05) is 0 Å². The first-order valence-corrected chi connectivity index (χ1v) is 4.72. The van der Waals surface area contributed by atoms with Crippen LogP contribution in [-0.4, -0.2) is 43.4 Å². The molecule has 1 saturated heterocycles. The second-order valence-electron chi connectivity index (χ2n) is 3.36. The molecular formula is C9H18O4. The summed E-state index contributed by atoms with van der Waals surface area (Å²) < 4.78 is 16.0. The van der Waals surface area contributed by atoms with Gasteiger partial charge in [-0.25, -0.2) is 0 Å². The Morgan fingerprint density at radius 2 is 2.38 bits per heavy atom. The molecule has 0 saturated carbocycles. The molecule has 4 nitrogen and oxygen atoms in total. The first-order chi connectivity index (χ1) is 6.22. The van der Waals surface area contributed by atoms with Crippen LogP contribution >= 0.6 is 0 Å². The molecule has 13 heavy (non-hydrogen) atoms. The van der Waals surface area contributed by atoms with Crippen LogP contribution in [0.25, 0.3) is 0 Å². The van der Waals surface area contributed by atoms with Gasteiger partial charge in [0.15, 0.2) is 6.29 Å². The van der Waals surface area contributed by atoms with E-state index in [0.29, 0.717) is 13.2 Å². The second kappa shape index (κ2) is 5.54. The number of hydrogen-bond acceptors (Lipinski definition) is 4. The summed E-state index contributed by atoms with van der Waals surface area (Å²) in [5.74, 6) is 0. The van der Waals surface area contributed by atoms with Gasteiger partial charge in [0.2, 0.25) is 0 Å². The van der Waals surface area contributed by atoms with E-state index in [2.05, 4.69) is 0 Å². The van der Waals surface area contributed by atoms with Crippen molar-refractivity contribution in [2.24, 2.45) is 0 Å². The fourth-order valence-electron chi connectivity index (χ4n) is 1.15. The predicted octanol–water partition coefficient (Wildman–Crippen LogP) is 0.535. The number of aliphatic hydroxyl groups excluding tert-OH is 1. The van der Waals surface area contributed by atoms with Crippen LogP contribution in [-0.2, 0) is 14.2 Å². The average Bonchev–Trinajstić information content (AvgIpc) is 2.51. The minimum atomic E-state index is -0.124. The number of rotatable bonds is 5. The first kappa shape index (κ1) is 10.9. The Balaban J connectivity index is 2.00. The summed E-state index contributed by atoms with van der Waals surface area (Å²) in [4.78, 5) is 0. The smallest absolute Gasteiger partial charge is 0.160 e. The van der Waals surface area contributed by atoms with E-state index in [1.165, 1.54) is 0 Å². The van der Waals surface area contributed by atoms with Crippen molar-refractivity contribution in [3.8, 4) is 0 Å². The van der Waals surface area contributed by atoms with Crippen LogP contribution in [0.4, 0.5) is 0 Å². The molecule has 1 fully saturated rings. The monoisotopic (exact) mass is 190 g/mol. The Morgan fingerprint density at radius 3 is 2.92 bits per heavy atom. The highest BCUT2D eigenvalue weighted by atomic mass is 16.7. The third-order valence-corrected chi connectivity index (χ3v) is 1.91. The minimum Gasteiger partial charge on any atom is -0.394 e. The molecule has 1 heterocycles. The maximum absolute atomic E-state index is 8.68. The topological polar surface area (TPSA) is 47.9 Å². The van der Waals surface area contributed by atoms with E-state index in [1.54, 1.807) is 0 Å². The zero-order valence-corrected chi connectivity index (χ0v) is 8.23. The Labute approximate surface area is 78.8 Å². The molecule has 0 aliphatic carbocycles. The van der Waals surface area contributed by atoms with E-state index >= 15 is 0 Å². The summed E-state index contributed by atoms with van der Waals surface area (Å²) in [5.41, 5.74) is 0. The molecule has 1 N–H and O–H groups in total. The van der Waals surface area contributed by atoms with Gasteiger partial charge in [0, 0.05) is 6.42 Å². The van der Waals surface area contributed by atoms with E-state index in [0.717, 1.165) is 6.42 Å². The Kier molecular flexibility index (Phi) is 4.66. The largest absolute Gasteiger partial charge is 0.394 e. The SMILES string of the molecule is CC(CO)OCCC1OCC(C)O1. The number of aliphatic hydroxyl groups is 1. The highest BCUT2D eigenvalue weighted by Gasteiger charge is 2.21. The van der Waals surface area contributed by atoms with Crippen molar-refractivity contribution in [1.82, 2.24) is 0 Å². The van der Waals surface area contributed by atoms with Crippen molar-refractivity contribution in [3.05, 3.63) is 0 Å². The van der Waals surface area contributed by atoms with Gasteiger partial charge >= 0.3 is 0 Å². The summed E-state index contributed by atoms with van der Waals surface area (Å²) in [6.07, 6.45) is 0.703. The lowest BCUT2D eigenvalue weighted by atomic mass is 10.4. The van der Waals surface area contributed by atoms with Gasteiger partial charge in [0.25, 0.3) is 0 Å². The molecule has 0 aromatic carbocycles. The molecule has 0 radical (unpaired) electrons. The molecule has 0 amide bonds. The zero-order chi connectivity index (χ0) is 9.68. The molecule has 0 spiro atoms. The lowest BCUT2D eigenvalue weighted by molar-refractivity contribution is -0.0815. The predicted molar refractivity (Wildman–Crippen MR) is 47.4 cm³/mol. The summed E-state index contributed by atoms with van der Waals surface area (Å²) in [5, 5.41) is 8.68. The Hall–Kier alpha value is -0.160. The molecule has 0 aromatic heterocycles. The van der Waals surface area contributed by atoms with E-state index < -0.39 is 0 Å². The van der Waals surface area contributed by atoms with Crippen molar-refractivity contribution in [2.75, 3.05) is 19.8 Å². The van der Waals surface area contributed by atoms with Crippen molar-refractivity contribution < 1.29 is 19.3 Å². The molecule has 1 aliphatic rings. The number of ether oxygens (including phenoxy) is 3. The van der Waals surface area contributed by atoms with Crippen LogP contribution in [0.2, 0.25) is 0 Å². The van der Waals surface area contributed by atoms with E-state index in [1.807, 2.05) is 13.8 Å². The van der Waals surface area contributed by atoms with Crippen molar-refractivity contribution >= 4 is 0 Å². The van der Waals surface area contributed by atoms with Gasteiger partial charge in [-0.3, -0.25) is 0 Å². The highest BCUT2D eigenvalue weighted by molar-refractivity contribution is 4.59. The molecule has 0 aromatic rings. The molecule has 0 bridgehead atoms. The Morgan fingerprint density at radius 1 is 1.62 bits per heavy atom. The summed E-state index contributed by atoms with van der Waals surface area (Å²) in [7, 11) is 0. The van der Waals surface area contributed by atoms with Gasteiger partial charge in [-0.15, -0.1) is 0 Å². The second-order valence-corrected chi connectivity index (χ2v) is 3.36. The number of hydrogen-bond donors (Lipinski definition) is 1. The van der Waals surface area contributed by atoms with Crippen LogP contribution < -0.4 is 0 Å². The van der Waals surface area contributed by atoms with Gasteiger partial charge in [0.1, 0.15) is 0 Å². The summed E-state index contributed by atoms with van der Waals surface area (Å²) in [6.45, 7) is 5.11. The fraction of sp³-hybridized carbons (Fsp3) is 1.00. The van der Waals surface area contributed by atoms with Gasteiger partial charge in [-0.2, -0.15) is 0 Å². The molecular weight excluding hydrogens is 172 g/mol. The molecule has 4 heteroatoms. The summed E-state index contributed by atoms with van der Waals surface area (Å²) in [6, 6.07) is 0. The van der Waals surface area contributed by atoms with Crippen molar-refractivity contribution in [3.63, 3.8) is 0 Å². The highest BCUT2D eigenvalue weighted by Crippen LogP contribution is 2.13. The first-order valence-electron chi connectivity index (χ1n) is 4.72. The lowest BCUT2D eigenvalue weighted by Gasteiger charge is -2.12. The quantitative estimate of drug-likeness (QED) is 0.687. The van der Waals surface area contributed by atoms with Crippen molar-refractivity contribution in [2.45, 2.75) is 38.8 Å². The normalized spacial score (nSPS) is 30.7. The Bertz CT molecular complexity index is 140. The van der Waals surface area contributed by atoms with Crippen LogP contribution in [0.3, 0.4) is 0 Å². The van der Waals surface area contributed by atoms with Gasteiger partial charge in [-0.05, 0) is 13.8 Å². The fourth-order valence-corrected chi connectivity index (χ4v) is 1.15. The molecule has 1 aliphatic heterocycles. The van der Waals surface area contributed by atoms with Crippen molar-refractivity contribution in [1.29, 1.82) is 0 Å². The van der Waals surface area contributed by atoms with Crippen LogP contribution in [0, 0.1) is 0 Å². The zero-order valence-electron chi connectivity index (χ0n) is 8.23. The van der Waals surface area contributed by atoms with Gasteiger partial charge in [0.05, 0.1) is 32.0 Å². The average molecular weight is 190 g/mol. The van der Waals surface area contributed by atoms with Crippen LogP contribution in [0.1, 0.15) is 20.3 Å².